The number of anilines is 1. The number of piperidine rings is 1. The Labute approximate surface area is 154 Å². The van der Waals surface area contributed by atoms with E-state index in [2.05, 4.69) is 15.5 Å². The third-order valence-electron chi connectivity index (χ3n) is 4.53. The highest BCUT2D eigenvalue weighted by atomic mass is 19.4. The summed E-state index contributed by atoms with van der Waals surface area (Å²) >= 11 is 0. The fourth-order valence-corrected chi connectivity index (χ4v) is 3.41. The lowest BCUT2D eigenvalue weighted by Gasteiger charge is -2.33. The molecule has 3 rings (SSSR count). The van der Waals surface area contributed by atoms with Gasteiger partial charge in [-0.05, 0) is 50.2 Å². The predicted octanol–water partition coefficient (Wildman–Crippen LogP) is 2.65. The summed E-state index contributed by atoms with van der Waals surface area (Å²) in [7, 11) is 1.92. The molecular weight excluding hydrogens is 361 g/mol. The molecule has 0 saturated carbocycles. The molecule has 27 heavy (non-hydrogen) atoms. The fraction of sp³-hybridized carbons (Fsp3) is 0.444. The van der Waals surface area contributed by atoms with Crippen LogP contribution in [0.15, 0.2) is 24.3 Å². The van der Waals surface area contributed by atoms with Crippen LogP contribution in [0.4, 0.5) is 19.0 Å². The molecule has 0 spiro atoms. The molecule has 1 aliphatic rings. The number of alkyl halides is 3. The van der Waals surface area contributed by atoms with Gasteiger partial charge in [-0.15, -0.1) is 10.2 Å². The molecule has 146 valence electrons. The van der Waals surface area contributed by atoms with Crippen molar-refractivity contribution in [2.24, 2.45) is 0 Å². The lowest BCUT2D eigenvalue weighted by atomic mass is 10.0. The average Bonchev–Trinajstić information content (AvgIpc) is 2.54. The van der Waals surface area contributed by atoms with Crippen molar-refractivity contribution >= 4 is 5.82 Å². The van der Waals surface area contributed by atoms with Gasteiger partial charge in [0.2, 0.25) is 0 Å². The zero-order valence-corrected chi connectivity index (χ0v) is 15.0. The summed E-state index contributed by atoms with van der Waals surface area (Å²) in [5, 5.41) is 31.2. The Morgan fingerprint density at radius 3 is 2.48 bits per heavy atom. The maximum atomic E-state index is 12.8. The van der Waals surface area contributed by atoms with E-state index in [-0.39, 0.29) is 22.9 Å². The number of benzene rings is 1. The number of phenols is 1. The van der Waals surface area contributed by atoms with Crippen LogP contribution in [0.25, 0.3) is 11.3 Å². The SMILES string of the molecule is Cc1cc(C(F)(F)F)cc(O)c1-c1ccc(N[C@@H]2C[C@@H](O)CN(C)C2)nn1. The van der Waals surface area contributed by atoms with E-state index < -0.39 is 23.6 Å². The molecule has 2 aromatic rings. The number of aryl methyl sites for hydroxylation is 1. The maximum Gasteiger partial charge on any atom is 0.416 e. The first-order valence-corrected chi connectivity index (χ1v) is 8.51. The van der Waals surface area contributed by atoms with Crippen molar-refractivity contribution in [2.45, 2.75) is 31.7 Å². The molecule has 0 unspecified atom stereocenters. The summed E-state index contributed by atoms with van der Waals surface area (Å²) in [5.74, 6) is 0.00432. The number of hydrogen-bond acceptors (Lipinski definition) is 6. The molecule has 1 aliphatic heterocycles. The first-order valence-electron chi connectivity index (χ1n) is 8.51. The number of aromatic hydroxyl groups is 1. The van der Waals surface area contributed by atoms with E-state index in [1.807, 2.05) is 11.9 Å². The number of halogens is 3. The van der Waals surface area contributed by atoms with Crippen LogP contribution in [0.5, 0.6) is 5.75 Å². The maximum absolute atomic E-state index is 12.8. The quantitative estimate of drug-likeness (QED) is 0.757. The minimum Gasteiger partial charge on any atom is -0.507 e. The zero-order valence-electron chi connectivity index (χ0n) is 15.0. The van der Waals surface area contributed by atoms with Gasteiger partial charge in [0.1, 0.15) is 11.6 Å². The zero-order chi connectivity index (χ0) is 19.8. The van der Waals surface area contributed by atoms with Gasteiger partial charge in [-0.25, -0.2) is 0 Å². The van der Waals surface area contributed by atoms with Gasteiger partial charge < -0.3 is 20.4 Å². The van der Waals surface area contributed by atoms with Crippen molar-refractivity contribution in [3.63, 3.8) is 0 Å². The van der Waals surface area contributed by atoms with Gasteiger partial charge in [0, 0.05) is 24.7 Å². The molecule has 1 aromatic carbocycles. The molecule has 0 radical (unpaired) electrons. The first-order chi connectivity index (χ1) is 12.6. The summed E-state index contributed by atoms with van der Waals surface area (Å²) in [6, 6.07) is 4.92. The molecule has 2 heterocycles. The van der Waals surface area contributed by atoms with Crippen LogP contribution in [0, 0.1) is 6.92 Å². The average molecular weight is 382 g/mol. The molecule has 0 amide bonds. The summed E-state index contributed by atoms with van der Waals surface area (Å²) in [4.78, 5) is 2.01. The number of nitrogens with zero attached hydrogens (tertiary/aromatic N) is 3. The number of hydrogen-bond donors (Lipinski definition) is 3. The minimum absolute atomic E-state index is 0.0140. The van der Waals surface area contributed by atoms with Crippen LogP contribution in [-0.4, -0.2) is 57.6 Å². The Bertz CT molecular complexity index is 778. The topological polar surface area (TPSA) is 81.5 Å². The van der Waals surface area contributed by atoms with Crippen molar-refractivity contribution in [1.82, 2.24) is 15.1 Å². The molecule has 2 atom stereocenters. The number of rotatable bonds is 3. The number of aromatic nitrogens is 2. The fourth-order valence-electron chi connectivity index (χ4n) is 3.41. The number of aliphatic hydroxyl groups excluding tert-OH is 1. The second-order valence-corrected chi connectivity index (χ2v) is 6.94. The first kappa shape index (κ1) is 19.4. The smallest absolute Gasteiger partial charge is 0.416 e. The molecule has 1 saturated heterocycles. The van der Waals surface area contributed by atoms with Crippen LogP contribution in [0.1, 0.15) is 17.5 Å². The number of β-amino-alcohol motifs (C(OH)–C–C–N with tert-alkyl or cyclic N) is 1. The van der Waals surface area contributed by atoms with Crippen LogP contribution < -0.4 is 5.32 Å². The molecule has 6 nitrogen and oxygen atoms in total. The second kappa shape index (κ2) is 7.32. The van der Waals surface area contributed by atoms with Crippen LogP contribution in [-0.2, 0) is 6.18 Å². The molecule has 0 aliphatic carbocycles. The number of likely N-dealkylation sites (N-methyl/N-ethyl adjacent to an activating group) is 1. The van der Waals surface area contributed by atoms with E-state index in [0.29, 0.717) is 24.8 Å². The minimum atomic E-state index is -4.53. The summed E-state index contributed by atoms with van der Waals surface area (Å²) in [6.45, 7) is 2.85. The molecule has 1 aromatic heterocycles. The number of phenolic OH excluding ortho intramolecular Hbond substituents is 1. The molecule has 0 bridgehead atoms. The third-order valence-corrected chi connectivity index (χ3v) is 4.53. The number of aliphatic hydroxyl groups is 1. The standard InChI is InChI=1S/C18H21F3N4O2/c1-10-5-11(18(19,20)21)6-15(27)17(10)14-3-4-16(24-23-14)22-12-7-13(26)9-25(2)8-12/h3-6,12-13,26-27H,7-9H2,1-2H3,(H,22,24)/t12-,13-/m1/s1. The molecule has 1 fully saturated rings. The second-order valence-electron chi connectivity index (χ2n) is 6.94. The molecular formula is C18H21F3N4O2. The Morgan fingerprint density at radius 2 is 1.93 bits per heavy atom. The van der Waals surface area contributed by atoms with Crippen LogP contribution >= 0.6 is 0 Å². The van der Waals surface area contributed by atoms with Crippen molar-refractivity contribution in [3.8, 4) is 17.0 Å². The van der Waals surface area contributed by atoms with E-state index in [9.17, 15) is 23.4 Å². The van der Waals surface area contributed by atoms with E-state index in [0.717, 1.165) is 12.6 Å². The van der Waals surface area contributed by atoms with Gasteiger partial charge in [-0.1, -0.05) is 0 Å². The van der Waals surface area contributed by atoms with Crippen LogP contribution in [0.2, 0.25) is 0 Å². The Balaban J connectivity index is 1.79. The Hall–Kier alpha value is -2.39. The highest BCUT2D eigenvalue weighted by Crippen LogP contribution is 2.38. The predicted molar refractivity (Wildman–Crippen MR) is 94.4 cm³/mol. The van der Waals surface area contributed by atoms with E-state index in [1.165, 1.54) is 6.92 Å². The van der Waals surface area contributed by atoms with Gasteiger partial charge in [-0.2, -0.15) is 13.2 Å². The third kappa shape index (κ3) is 4.48. The van der Waals surface area contributed by atoms with E-state index in [1.54, 1.807) is 12.1 Å². The largest absolute Gasteiger partial charge is 0.507 e. The van der Waals surface area contributed by atoms with Gasteiger partial charge >= 0.3 is 6.18 Å². The lowest BCUT2D eigenvalue weighted by molar-refractivity contribution is -0.137. The highest BCUT2D eigenvalue weighted by molar-refractivity contribution is 5.71. The van der Waals surface area contributed by atoms with Crippen molar-refractivity contribution < 1.29 is 23.4 Å². The Morgan fingerprint density at radius 1 is 1.19 bits per heavy atom. The van der Waals surface area contributed by atoms with Gasteiger partial charge in [0.15, 0.2) is 0 Å². The van der Waals surface area contributed by atoms with E-state index >= 15 is 0 Å². The summed E-state index contributed by atoms with van der Waals surface area (Å²) in [6.07, 6.45) is -4.36. The number of likely N-dealkylation sites (tertiary alicyclic amines) is 1. The molecule has 3 N–H and O–H groups in total. The lowest BCUT2D eigenvalue weighted by Crippen LogP contribution is -2.46. The summed E-state index contributed by atoms with van der Waals surface area (Å²) in [5.41, 5.74) is -0.151. The monoisotopic (exact) mass is 382 g/mol. The van der Waals surface area contributed by atoms with Gasteiger partial charge in [0.25, 0.3) is 0 Å². The van der Waals surface area contributed by atoms with Gasteiger partial charge in [-0.3, -0.25) is 0 Å². The normalized spacial score (nSPS) is 21.3. The van der Waals surface area contributed by atoms with Crippen molar-refractivity contribution in [2.75, 3.05) is 25.5 Å². The Kier molecular flexibility index (Phi) is 5.25. The molecule has 9 heteroatoms. The van der Waals surface area contributed by atoms with E-state index in [4.69, 9.17) is 0 Å². The number of nitrogens with one attached hydrogen (secondary N) is 1. The van der Waals surface area contributed by atoms with Crippen molar-refractivity contribution in [1.29, 1.82) is 0 Å². The summed E-state index contributed by atoms with van der Waals surface area (Å²) < 4.78 is 38.5. The van der Waals surface area contributed by atoms with Crippen LogP contribution in [0.3, 0.4) is 0 Å². The van der Waals surface area contributed by atoms with Gasteiger partial charge in [0.05, 0.1) is 17.4 Å². The van der Waals surface area contributed by atoms with Crippen molar-refractivity contribution in [3.05, 3.63) is 35.4 Å². The highest BCUT2D eigenvalue weighted by Gasteiger charge is 2.32.